The minimum atomic E-state index is -1.09. The Morgan fingerprint density at radius 1 is 1.16 bits per heavy atom. The summed E-state index contributed by atoms with van der Waals surface area (Å²) in [5, 5.41) is 10.2. The van der Waals surface area contributed by atoms with Gasteiger partial charge in [-0.05, 0) is 31.0 Å². The zero-order valence-electron chi connectivity index (χ0n) is 10.9. The van der Waals surface area contributed by atoms with Crippen molar-refractivity contribution in [2.24, 2.45) is 0 Å². The molecule has 2 amide bonds. The van der Waals surface area contributed by atoms with Gasteiger partial charge in [0.25, 0.3) is 11.8 Å². The molecule has 0 unspecified atom stereocenters. The molecule has 0 radical (unpaired) electrons. The van der Waals surface area contributed by atoms with Crippen molar-refractivity contribution >= 4 is 11.8 Å². The molecule has 0 bridgehead atoms. The quantitative estimate of drug-likeness (QED) is 0.847. The van der Waals surface area contributed by atoms with Crippen LogP contribution in [0.25, 0.3) is 0 Å². The summed E-state index contributed by atoms with van der Waals surface area (Å²) in [6.45, 7) is 3.52. The molecule has 0 spiro atoms. The van der Waals surface area contributed by atoms with Gasteiger partial charge in [-0.1, -0.05) is 13.8 Å². The molecule has 1 N–H and O–H groups in total. The van der Waals surface area contributed by atoms with E-state index in [9.17, 15) is 19.1 Å². The van der Waals surface area contributed by atoms with Crippen LogP contribution in [-0.4, -0.2) is 34.0 Å². The van der Waals surface area contributed by atoms with Gasteiger partial charge in [0.1, 0.15) is 5.82 Å². The zero-order chi connectivity index (χ0) is 14.2. The summed E-state index contributed by atoms with van der Waals surface area (Å²) >= 11 is 0. The Kier molecular flexibility index (Phi) is 3.41. The van der Waals surface area contributed by atoms with E-state index in [1.54, 1.807) is 13.8 Å². The van der Waals surface area contributed by atoms with E-state index in [1.807, 2.05) is 0 Å². The summed E-state index contributed by atoms with van der Waals surface area (Å²) in [5.74, 6) is -1.57. The summed E-state index contributed by atoms with van der Waals surface area (Å²) in [6.07, 6.45) is 0.872. The summed E-state index contributed by atoms with van der Waals surface area (Å²) in [4.78, 5) is 25.2. The number of imide groups is 1. The van der Waals surface area contributed by atoms with Crippen LogP contribution >= 0.6 is 0 Å². The number of halogens is 1. The highest BCUT2D eigenvalue weighted by molar-refractivity contribution is 6.21. The molecule has 102 valence electrons. The Bertz CT molecular complexity index is 537. The topological polar surface area (TPSA) is 57.6 Å². The van der Waals surface area contributed by atoms with Crippen LogP contribution in [-0.2, 0) is 0 Å². The molecule has 19 heavy (non-hydrogen) atoms. The number of carbonyl (C=O) groups is 2. The third-order valence-electron chi connectivity index (χ3n) is 3.70. The Morgan fingerprint density at radius 3 is 2.32 bits per heavy atom. The fourth-order valence-corrected chi connectivity index (χ4v) is 2.17. The SMILES string of the molecule is CCC(O)(CC)CN1C(=O)c2ccc(F)cc2C1=O. The van der Waals surface area contributed by atoms with Crippen LogP contribution in [0, 0.1) is 5.82 Å². The molecule has 1 aromatic rings. The van der Waals surface area contributed by atoms with E-state index < -0.39 is 23.2 Å². The van der Waals surface area contributed by atoms with E-state index in [1.165, 1.54) is 6.07 Å². The van der Waals surface area contributed by atoms with Crippen LogP contribution in [0.15, 0.2) is 18.2 Å². The second kappa shape index (κ2) is 4.74. The maximum Gasteiger partial charge on any atom is 0.261 e. The molecule has 1 aromatic carbocycles. The first-order valence-corrected chi connectivity index (χ1v) is 6.30. The van der Waals surface area contributed by atoms with Gasteiger partial charge in [0.2, 0.25) is 0 Å². The average molecular weight is 265 g/mol. The Balaban J connectivity index is 2.33. The Hall–Kier alpha value is -1.75. The molecule has 5 heteroatoms. The normalized spacial score (nSPS) is 15.1. The van der Waals surface area contributed by atoms with Gasteiger partial charge in [0.05, 0.1) is 23.3 Å². The van der Waals surface area contributed by atoms with Gasteiger partial charge in [-0.25, -0.2) is 4.39 Å². The van der Waals surface area contributed by atoms with E-state index in [4.69, 9.17) is 0 Å². The summed E-state index contributed by atoms with van der Waals surface area (Å²) in [6, 6.07) is 3.52. The highest BCUT2D eigenvalue weighted by Crippen LogP contribution is 2.27. The highest BCUT2D eigenvalue weighted by atomic mass is 19.1. The second-order valence-corrected chi connectivity index (χ2v) is 4.82. The average Bonchev–Trinajstić information content (AvgIpc) is 2.63. The first kappa shape index (κ1) is 13.7. The van der Waals surface area contributed by atoms with E-state index in [2.05, 4.69) is 0 Å². The molecule has 2 rings (SSSR count). The fourth-order valence-electron chi connectivity index (χ4n) is 2.17. The van der Waals surface area contributed by atoms with Crippen LogP contribution in [0.1, 0.15) is 47.4 Å². The third kappa shape index (κ3) is 2.26. The maximum absolute atomic E-state index is 13.1. The Labute approximate surface area is 110 Å². The summed E-state index contributed by atoms with van der Waals surface area (Å²) in [5.41, 5.74) is -0.827. The highest BCUT2D eigenvalue weighted by Gasteiger charge is 2.39. The molecule has 1 heterocycles. The van der Waals surface area contributed by atoms with Crippen molar-refractivity contribution in [3.8, 4) is 0 Å². The number of β-amino-alcohol motifs (C(OH)–C–C–N with tert-alkyl or cyclic N) is 1. The molecule has 0 saturated heterocycles. The molecule has 0 aliphatic carbocycles. The van der Waals surface area contributed by atoms with Gasteiger partial charge in [-0.3, -0.25) is 14.5 Å². The molecule has 1 aliphatic rings. The van der Waals surface area contributed by atoms with E-state index in [-0.39, 0.29) is 17.7 Å². The van der Waals surface area contributed by atoms with E-state index in [0.717, 1.165) is 17.0 Å². The van der Waals surface area contributed by atoms with Crippen molar-refractivity contribution in [2.45, 2.75) is 32.3 Å². The zero-order valence-corrected chi connectivity index (χ0v) is 10.9. The number of carbonyl (C=O) groups excluding carboxylic acids is 2. The summed E-state index contributed by atoms with van der Waals surface area (Å²) < 4.78 is 13.1. The first-order chi connectivity index (χ1) is 8.91. The lowest BCUT2D eigenvalue weighted by molar-refractivity contribution is 0.00242. The number of hydrogen-bond acceptors (Lipinski definition) is 3. The molecular weight excluding hydrogens is 249 g/mol. The number of fused-ring (bicyclic) bond motifs is 1. The largest absolute Gasteiger partial charge is 0.388 e. The van der Waals surface area contributed by atoms with Crippen molar-refractivity contribution in [1.29, 1.82) is 0 Å². The number of hydrogen-bond donors (Lipinski definition) is 1. The standard InChI is InChI=1S/C14H16FNO3/c1-3-14(19,4-2)8-16-12(17)10-6-5-9(15)7-11(10)13(16)18/h5-7,19H,3-4,8H2,1-2H3. The van der Waals surface area contributed by atoms with Crippen LogP contribution in [0.4, 0.5) is 4.39 Å². The lowest BCUT2D eigenvalue weighted by atomic mass is 9.97. The lowest BCUT2D eigenvalue weighted by Gasteiger charge is -2.29. The number of rotatable bonds is 4. The Morgan fingerprint density at radius 2 is 1.74 bits per heavy atom. The smallest absolute Gasteiger partial charge is 0.261 e. The lowest BCUT2D eigenvalue weighted by Crippen LogP contribution is -2.44. The third-order valence-corrected chi connectivity index (χ3v) is 3.70. The van der Waals surface area contributed by atoms with Gasteiger partial charge in [0.15, 0.2) is 0 Å². The summed E-state index contributed by atoms with van der Waals surface area (Å²) in [7, 11) is 0. The molecule has 0 fully saturated rings. The minimum Gasteiger partial charge on any atom is -0.388 e. The van der Waals surface area contributed by atoms with Crippen molar-refractivity contribution in [3.05, 3.63) is 35.1 Å². The van der Waals surface area contributed by atoms with Crippen molar-refractivity contribution in [3.63, 3.8) is 0 Å². The molecule has 0 atom stereocenters. The predicted molar refractivity (Wildman–Crippen MR) is 67.3 cm³/mol. The fraction of sp³-hybridized carbons (Fsp3) is 0.429. The van der Waals surface area contributed by atoms with Crippen molar-refractivity contribution in [2.75, 3.05) is 6.54 Å². The van der Waals surface area contributed by atoms with Gasteiger partial charge in [-0.15, -0.1) is 0 Å². The van der Waals surface area contributed by atoms with E-state index in [0.29, 0.717) is 12.8 Å². The van der Waals surface area contributed by atoms with Crippen LogP contribution < -0.4 is 0 Å². The van der Waals surface area contributed by atoms with Gasteiger partial charge in [-0.2, -0.15) is 0 Å². The number of aliphatic hydroxyl groups is 1. The molecular formula is C14H16FNO3. The monoisotopic (exact) mass is 265 g/mol. The molecule has 4 nitrogen and oxygen atoms in total. The maximum atomic E-state index is 13.1. The van der Waals surface area contributed by atoms with Crippen molar-refractivity contribution < 1.29 is 19.1 Å². The first-order valence-electron chi connectivity index (χ1n) is 6.30. The van der Waals surface area contributed by atoms with Gasteiger partial charge >= 0.3 is 0 Å². The van der Waals surface area contributed by atoms with Crippen molar-refractivity contribution in [1.82, 2.24) is 4.90 Å². The molecule has 1 aliphatic heterocycles. The van der Waals surface area contributed by atoms with Crippen LogP contribution in [0.2, 0.25) is 0 Å². The van der Waals surface area contributed by atoms with Gasteiger partial charge < -0.3 is 5.11 Å². The molecule has 0 aromatic heterocycles. The number of benzene rings is 1. The minimum absolute atomic E-state index is 0.0615. The molecule has 0 saturated carbocycles. The number of nitrogens with zero attached hydrogens (tertiary/aromatic N) is 1. The second-order valence-electron chi connectivity index (χ2n) is 4.82. The van der Waals surface area contributed by atoms with Crippen LogP contribution in [0.3, 0.4) is 0 Å². The predicted octanol–water partition coefficient (Wildman–Crippen LogP) is 1.97. The van der Waals surface area contributed by atoms with Crippen LogP contribution in [0.5, 0.6) is 0 Å². The van der Waals surface area contributed by atoms with E-state index >= 15 is 0 Å². The van der Waals surface area contributed by atoms with Gasteiger partial charge in [0, 0.05) is 0 Å². The number of amides is 2.